The molecule has 4 heteroatoms. The molecular weight excluding hydrogens is 182 g/mol. The SMILES string of the molecule is CCOC(CNC1CCOC1)OCC. The number of rotatable bonds is 7. The first kappa shape index (κ1) is 11.9. The zero-order chi connectivity index (χ0) is 10.2. The Morgan fingerprint density at radius 1 is 1.36 bits per heavy atom. The van der Waals surface area contributed by atoms with E-state index in [1.807, 2.05) is 13.8 Å². The lowest BCUT2D eigenvalue weighted by molar-refractivity contribution is -0.133. The molecule has 1 N–H and O–H groups in total. The van der Waals surface area contributed by atoms with Crippen LogP contribution in [0.1, 0.15) is 20.3 Å². The van der Waals surface area contributed by atoms with Crippen molar-refractivity contribution in [3.63, 3.8) is 0 Å². The second-order valence-corrected chi connectivity index (χ2v) is 3.31. The van der Waals surface area contributed by atoms with Crippen LogP contribution in [0.2, 0.25) is 0 Å². The third-order valence-corrected chi connectivity index (χ3v) is 2.21. The van der Waals surface area contributed by atoms with E-state index in [9.17, 15) is 0 Å². The molecule has 1 aliphatic heterocycles. The first-order valence-corrected chi connectivity index (χ1v) is 5.41. The van der Waals surface area contributed by atoms with Crippen molar-refractivity contribution < 1.29 is 14.2 Å². The minimum Gasteiger partial charge on any atom is -0.380 e. The Hall–Kier alpha value is -0.160. The normalized spacial score (nSPS) is 22.1. The Morgan fingerprint density at radius 3 is 2.57 bits per heavy atom. The number of ether oxygens (including phenoxy) is 3. The minimum atomic E-state index is -0.120. The number of hydrogen-bond donors (Lipinski definition) is 1. The van der Waals surface area contributed by atoms with Gasteiger partial charge >= 0.3 is 0 Å². The van der Waals surface area contributed by atoms with Crippen molar-refractivity contribution in [2.24, 2.45) is 0 Å². The van der Waals surface area contributed by atoms with Gasteiger partial charge in [0.25, 0.3) is 0 Å². The van der Waals surface area contributed by atoms with Gasteiger partial charge in [-0.2, -0.15) is 0 Å². The Balaban J connectivity index is 2.10. The summed E-state index contributed by atoms with van der Waals surface area (Å²) in [6.45, 7) is 7.75. The number of hydrogen-bond acceptors (Lipinski definition) is 4. The van der Waals surface area contributed by atoms with E-state index in [1.54, 1.807) is 0 Å². The van der Waals surface area contributed by atoms with Crippen molar-refractivity contribution in [3.8, 4) is 0 Å². The highest BCUT2D eigenvalue weighted by molar-refractivity contribution is 4.71. The summed E-state index contributed by atoms with van der Waals surface area (Å²) in [5.74, 6) is 0. The quantitative estimate of drug-likeness (QED) is 0.620. The maximum absolute atomic E-state index is 5.42. The van der Waals surface area contributed by atoms with Gasteiger partial charge in [-0.3, -0.25) is 0 Å². The standard InChI is InChI=1S/C10H21NO3/c1-3-13-10(14-4-2)7-11-9-5-6-12-8-9/h9-11H,3-8H2,1-2H3. The minimum absolute atomic E-state index is 0.120. The molecule has 1 rings (SSSR count). The van der Waals surface area contributed by atoms with Gasteiger partial charge in [-0.05, 0) is 20.3 Å². The van der Waals surface area contributed by atoms with Crippen LogP contribution in [0.5, 0.6) is 0 Å². The van der Waals surface area contributed by atoms with E-state index < -0.39 is 0 Å². The Labute approximate surface area is 85.9 Å². The molecule has 1 heterocycles. The van der Waals surface area contributed by atoms with Gasteiger partial charge in [0.15, 0.2) is 6.29 Å². The highest BCUT2D eigenvalue weighted by Crippen LogP contribution is 2.03. The van der Waals surface area contributed by atoms with Crippen molar-refractivity contribution in [1.29, 1.82) is 0 Å². The molecule has 0 aliphatic carbocycles. The average molecular weight is 203 g/mol. The first-order valence-electron chi connectivity index (χ1n) is 5.41. The largest absolute Gasteiger partial charge is 0.380 e. The molecule has 0 aromatic carbocycles. The van der Waals surface area contributed by atoms with Crippen LogP contribution >= 0.6 is 0 Å². The lowest BCUT2D eigenvalue weighted by Crippen LogP contribution is -2.38. The molecule has 1 saturated heterocycles. The van der Waals surface area contributed by atoms with Crippen molar-refractivity contribution in [2.75, 3.05) is 33.0 Å². The van der Waals surface area contributed by atoms with Gasteiger partial charge in [0.05, 0.1) is 6.61 Å². The molecule has 1 fully saturated rings. The van der Waals surface area contributed by atoms with E-state index in [1.165, 1.54) is 0 Å². The maximum Gasteiger partial charge on any atom is 0.169 e. The molecule has 0 aromatic rings. The van der Waals surface area contributed by atoms with Crippen LogP contribution in [0.4, 0.5) is 0 Å². The molecule has 0 bridgehead atoms. The van der Waals surface area contributed by atoms with Crippen LogP contribution in [-0.4, -0.2) is 45.3 Å². The van der Waals surface area contributed by atoms with Gasteiger partial charge in [-0.1, -0.05) is 0 Å². The van der Waals surface area contributed by atoms with Gasteiger partial charge in [0, 0.05) is 32.4 Å². The Bertz CT molecular complexity index is 131. The molecule has 14 heavy (non-hydrogen) atoms. The predicted molar refractivity (Wildman–Crippen MR) is 54.3 cm³/mol. The van der Waals surface area contributed by atoms with E-state index in [0.29, 0.717) is 19.3 Å². The fourth-order valence-corrected chi connectivity index (χ4v) is 1.50. The molecule has 1 atom stereocenters. The summed E-state index contributed by atoms with van der Waals surface area (Å²) in [5, 5.41) is 3.38. The Morgan fingerprint density at radius 2 is 2.07 bits per heavy atom. The topological polar surface area (TPSA) is 39.7 Å². The van der Waals surface area contributed by atoms with Crippen molar-refractivity contribution >= 4 is 0 Å². The fourth-order valence-electron chi connectivity index (χ4n) is 1.50. The zero-order valence-electron chi connectivity index (χ0n) is 9.12. The average Bonchev–Trinajstić information content (AvgIpc) is 2.67. The Kier molecular flexibility index (Phi) is 6.10. The van der Waals surface area contributed by atoms with Crippen LogP contribution in [0.25, 0.3) is 0 Å². The lowest BCUT2D eigenvalue weighted by Gasteiger charge is -2.19. The van der Waals surface area contributed by atoms with Crippen molar-refractivity contribution in [3.05, 3.63) is 0 Å². The van der Waals surface area contributed by atoms with Crippen molar-refractivity contribution in [1.82, 2.24) is 5.32 Å². The molecular formula is C10H21NO3. The highest BCUT2D eigenvalue weighted by Gasteiger charge is 2.17. The second-order valence-electron chi connectivity index (χ2n) is 3.31. The third kappa shape index (κ3) is 4.37. The summed E-state index contributed by atoms with van der Waals surface area (Å²) in [5.41, 5.74) is 0. The van der Waals surface area contributed by atoms with Crippen LogP contribution in [0.3, 0.4) is 0 Å². The summed E-state index contributed by atoms with van der Waals surface area (Å²) in [7, 11) is 0. The fraction of sp³-hybridized carbons (Fsp3) is 1.00. The van der Waals surface area contributed by atoms with Gasteiger partial charge in [0.2, 0.25) is 0 Å². The van der Waals surface area contributed by atoms with E-state index in [-0.39, 0.29) is 6.29 Å². The summed E-state index contributed by atoms with van der Waals surface area (Å²) < 4.78 is 16.1. The molecule has 0 amide bonds. The van der Waals surface area contributed by atoms with E-state index in [0.717, 1.165) is 26.2 Å². The van der Waals surface area contributed by atoms with E-state index >= 15 is 0 Å². The highest BCUT2D eigenvalue weighted by atomic mass is 16.7. The zero-order valence-corrected chi connectivity index (χ0v) is 9.12. The van der Waals surface area contributed by atoms with Crippen LogP contribution in [-0.2, 0) is 14.2 Å². The smallest absolute Gasteiger partial charge is 0.169 e. The summed E-state index contributed by atoms with van der Waals surface area (Å²) in [6, 6.07) is 0.471. The maximum atomic E-state index is 5.42. The molecule has 0 aromatic heterocycles. The molecule has 0 saturated carbocycles. The molecule has 0 spiro atoms. The first-order chi connectivity index (χ1) is 6.86. The van der Waals surface area contributed by atoms with E-state index in [2.05, 4.69) is 5.32 Å². The van der Waals surface area contributed by atoms with Crippen molar-refractivity contribution in [2.45, 2.75) is 32.6 Å². The van der Waals surface area contributed by atoms with Gasteiger partial charge < -0.3 is 19.5 Å². The molecule has 0 radical (unpaired) electrons. The summed E-state index contributed by atoms with van der Waals surface area (Å²) in [6.07, 6.45) is 0.968. The number of nitrogens with one attached hydrogen (secondary N) is 1. The molecule has 1 unspecified atom stereocenters. The molecule has 4 nitrogen and oxygen atoms in total. The van der Waals surface area contributed by atoms with Gasteiger partial charge in [0.1, 0.15) is 0 Å². The predicted octanol–water partition coefficient (Wildman–Crippen LogP) is 0.764. The second kappa shape index (κ2) is 7.17. The lowest BCUT2D eigenvalue weighted by atomic mass is 10.2. The van der Waals surface area contributed by atoms with Gasteiger partial charge in [-0.25, -0.2) is 0 Å². The third-order valence-electron chi connectivity index (χ3n) is 2.21. The summed E-state index contributed by atoms with van der Waals surface area (Å²) >= 11 is 0. The van der Waals surface area contributed by atoms with Crippen LogP contribution in [0.15, 0.2) is 0 Å². The van der Waals surface area contributed by atoms with E-state index in [4.69, 9.17) is 14.2 Å². The molecule has 84 valence electrons. The van der Waals surface area contributed by atoms with Crippen LogP contribution in [0, 0.1) is 0 Å². The monoisotopic (exact) mass is 203 g/mol. The van der Waals surface area contributed by atoms with Gasteiger partial charge in [-0.15, -0.1) is 0 Å². The molecule has 1 aliphatic rings. The van der Waals surface area contributed by atoms with Crippen LogP contribution < -0.4 is 5.32 Å². The summed E-state index contributed by atoms with van der Waals surface area (Å²) in [4.78, 5) is 0.